The lowest BCUT2D eigenvalue weighted by Gasteiger charge is -2.26. The van der Waals surface area contributed by atoms with Crippen LogP contribution < -0.4 is 0 Å². The number of nitrogens with zero attached hydrogens (tertiary/aromatic N) is 2. The summed E-state index contributed by atoms with van der Waals surface area (Å²) < 4.78 is 43.3. The third-order valence-corrected chi connectivity index (χ3v) is 11.0. The van der Waals surface area contributed by atoms with Gasteiger partial charge < -0.3 is 10.0 Å². The highest BCUT2D eigenvalue weighted by molar-refractivity contribution is 7.89. The molecule has 6 aromatic carbocycles. The Bertz CT molecular complexity index is 2330. The monoisotopic (exact) mass is 754 g/mol. The van der Waals surface area contributed by atoms with Crippen molar-refractivity contribution in [3.05, 3.63) is 166 Å². The van der Waals surface area contributed by atoms with Gasteiger partial charge in [-0.2, -0.15) is 4.31 Å². The number of rotatable bonds is 12. The van der Waals surface area contributed by atoms with Gasteiger partial charge in [-0.15, -0.1) is 0 Å². The zero-order chi connectivity index (χ0) is 37.0. The summed E-state index contributed by atoms with van der Waals surface area (Å²) in [5.74, 6) is -0.807. The van der Waals surface area contributed by atoms with Crippen LogP contribution >= 0.6 is 23.2 Å². The second kappa shape index (κ2) is 15.9. The van der Waals surface area contributed by atoms with Crippen LogP contribution in [0, 0.1) is 11.7 Å². The van der Waals surface area contributed by atoms with Crippen LogP contribution in [0.15, 0.2) is 132 Å². The molecule has 6 nitrogen and oxygen atoms in total. The molecule has 0 saturated heterocycles. The van der Waals surface area contributed by atoms with Gasteiger partial charge in [0, 0.05) is 36.8 Å². The first-order chi connectivity index (χ1) is 24.9. The molecule has 266 valence electrons. The van der Waals surface area contributed by atoms with E-state index in [4.69, 9.17) is 23.2 Å². The van der Waals surface area contributed by atoms with Crippen molar-refractivity contribution in [3.63, 3.8) is 0 Å². The van der Waals surface area contributed by atoms with Crippen molar-refractivity contribution < 1.29 is 22.7 Å². The summed E-state index contributed by atoms with van der Waals surface area (Å²) in [6.45, 7) is 4.87. The Hall–Kier alpha value is -4.73. The van der Waals surface area contributed by atoms with E-state index in [0.717, 1.165) is 27.5 Å². The summed E-state index contributed by atoms with van der Waals surface area (Å²) in [5.41, 5.74) is 4.45. The van der Waals surface area contributed by atoms with Crippen molar-refractivity contribution in [3.8, 4) is 16.9 Å². The molecule has 0 aliphatic carbocycles. The van der Waals surface area contributed by atoms with Gasteiger partial charge in [-0.05, 0) is 80.9 Å². The number of amides is 1. The first-order valence-corrected chi connectivity index (χ1v) is 19.0. The van der Waals surface area contributed by atoms with Crippen LogP contribution in [-0.4, -0.2) is 35.2 Å². The van der Waals surface area contributed by atoms with Gasteiger partial charge in [-0.3, -0.25) is 4.79 Å². The molecule has 6 rings (SSSR count). The molecule has 0 fully saturated rings. The molecule has 0 aromatic heterocycles. The van der Waals surface area contributed by atoms with Gasteiger partial charge in [-0.25, -0.2) is 12.8 Å². The Balaban J connectivity index is 1.30. The van der Waals surface area contributed by atoms with Crippen LogP contribution in [0.2, 0.25) is 10.0 Å². The Morgan fingerprint density at radius 3 is 2.00 bits per heavy atom. The van der Waals surface area contributed by atoms with E-state index < -0.39 is 20.7 Å². The smallest absolute Gasteiger partial charge is 0.254 e. The third-order valence-electron chi connectivity index (χ3n) is 8.69. The second-order valence-electron chi connectivity index (χ2n) is 13.2. The number of aromatic hydroxyl groups is 1. The van der Waals surface area contributed by atoms with E-state index in [2.05, 4.69) is 13.8 Å². The van der Waals surface area contributed by atoms with Gasteiger partial charge in [-0.1, -0.05) is 128 Å². The molecule has 0 aliphatic heterocycles. The molecule has 0 saturated carbocycles. The molecule has 1 N–H and O–H groups in total. The van der Waals surface area contributed by atoms with E-state index in [1.54, 1.807) is 12.1 Å². The maximum absolute atomic E-state index is 14.3. The highest BCUT2D eigenvalue weighted by Gasteiger charge is 2.30. The van der Waals surface area contributed by atoms with E-state index in [1.807, 2.05) is 95.9 Å². The molecule has 1 amide bonds. The van der Waals surface area contributed by atoms with E-state index in [9.17, 15) is 22.7 Å². The number of carbonyl (C=O) groups is 1. The zero-order valence-corrected chi connectivity index (χ0v) is 31.0. The summed E-state index contributed by atoms with van der Waals surface area (Å²) in [6, 6.07) is 37.0. The number of benzene rings is 6. The fourth-order valence-corrected chi connectivity index (χ4v) is 8.33. The molecule has 0 radical (unpaired) electrons. The lowest BCUT2D eigenvalue weighted by atomic mass is 10.0. The average molecular weight is 756 g/mol. The van der Waals surface area contributed by atoms with Gasteiger partial charge in [0.1, 0.15) is 10.7 Å². The van der Waals surface area contributed by atoms with Crippen LogP contribution in [-0.2, 0) is 29.7 Å². The maximum Gasteiger partial charge on any atom is 0.254 e. The van der Waals surface area contributed by atoms with Gasteiger partial charge in [0.2, 0.25) is 10.0 Å². The van der Waals surface area contributed by atoms with Crippen molar-refractivity contribution >= 4 is 49.9 Å². The SMILES string of the molecule is CC(C)CN(Cc1cccc(CN(Cc2ccc(-c3ccc(F)cc3)cc2)S(=O)(=O)c2cc(Cl)cc(Cl)c2O)c1)C(=O)c1ccc2ccccc2c1. The molecule has 0 unspecified atom stereocenters. The van der Waals surface area contributed by atoms with Crippen molar-refractivity contribution in [2.45, 2.75) is 38.4 Å². The number of sulfonamides is 1. The van der Waals surface area contributed by atoms with Crippen LogP contribution in [0.1, 0.15) is 40.9 Å². The van der Waals surface area contributed by atoms with E-state index >= 15 is 0 Å². The van der Waals surface area contributed by atoms with E-state index in [1.165, 1.54) is 28.6 Å². The molecule has 0 spiro atoms. The summed E-state index contributed by atoms with van der Waals surface area (Å²) in [7, 11) is -4.35. The van der Waals surface area contributed by atoms with Crippen molar-refractivity contribution in [2.24, 2.45) is 5.92 Å². The molecule has 6 aromatic rings. The number of fused-ring (bicyclic) bond motifs is 1. The lowest BCUT2D eigenvalue weighted by molar-refractivity contribution is 0.0722. The minimum absolute atomic E-state index is 0.0419. The molecule has 0 bridgehead atoms. The number of hydrogen-bond donors (Lipinski definition) is 1. The first-order valence-electron chi connectivity index (χ1n) is 16.8. The molecule has 0 heterocycles. The Morgan fingerprint density at radius 1 is 0.712 bits per heavy atom. The molecule has 0 aliphatic rings. The average Bonchev–Trinajstić information content (AvgIpc) is 3.12. The predicted molar refractivity (Wildman–Crippen MR) is 206 cm³/mol. The van der Waals surface area contributed by atoms with Crippen LogP contribution in [0.25, 0.3) is 21.9 Å². The van der Waals surface area contributed by atoms with Crippen LogP contribution in [0.4, 0.5) is 4.39 Å². The second-order valence-corrected chi connectivity index (χ2v) is 15.9. The normalized spacial score (nSPS) is 11.8. The molecular formula is C42H37Cl2FN2O4S. The van der Waals surface area contributed by atoms with Crippen molar-refractivity contribution in [1.82, 2.24) is 9.21 Å². The number of hydrogen-bond acceptors (Lipinski definition) is 4. The minimum Gasteiger partial charge on any atom is -0.505 e. The van der Waals surface area contributed by atoms with Crippen LogP contribution in [0.5, 0.6) is 5.75 Å². The summed E-state index contributed by atoms with van der Waals surface area (Å²) in [6.07, 6.45) is 0. The highest BCUT2D eigenvalue weighted by Crippen LogP contribution is 2.37. The van der Waals surface area contributed by atoms with Gasteiger partial charge >= 0.3 is 0 Å². The quantitative estimate of drug-likeness (QED) is 0.135. The fourth-order valence-electron chi connectivity index (χ4n) is 6.17. The Labute approximate surface area is 313 Å². The highest BCUT2D eigenvalue weighted by atomic mass is 35.5. The van der Waals surface area contributed by atoms with E-state index in [-0.39, 0.29) is 40.8 Å². The maximum atomic E-state index is 14.3. The van der Waals surface area contributed by atoms with Crippen LogP contribution in [0.3, 0.4) is 0 Å². The molecule has 10 heteroatoms. The summed E-state index contributed by atoms with van der Waals surface area (Å²) in [4.78, 5) is 15.3. The first kappa shape index (κ1) is 37.0. The lowest BCUT2D eigenvalue weighted by Crippen LogP contribution is -2.34. The number of phenols is 1. The van der Waals surface area contributed by atoms with Crippen molar-refractivity contribution in [1.29, 1.82) is 0 Å². The van der Waals surface area contributed by atoms with Gasteiger partial charge in [0.25, 0.3) is 5.91 Å². The third kappa shape index (κ3) is 8.65. The van der Waals surface area contributed by atoms with E-state index in [0.29, 0.717) is 29.8 Å². The number of halogens is 3. The standard InChI is InChI=1S/C42H37Cl2FN2O4S/c1-28(2)24-46(42(49)36-15-14-32-8-3-4-9-35(32)21-36)25-30-6-5-7-31(20-30)27-47(52(50,51)40-23-37(43)22-39(44)41(40)48)26-29-10-12-33(13-11-29)34-16-18-38(45)19-17-34/h3-23,28,48H,24-27H2,1-2H3. The fraction of sp³-hybridized carbons (Fsp3) is 0.167. The Kier molecular flexibility index (Phi) is 11.3. The summed E-state index contributed by atoms with van der Waals surface area (Å²) in [5, 5.41) is 12.7. The van der Waals surface area contributed by atoms with Gasteiger partial charge in [0.15, 0.2) is 5.75 Å². The number of carbonyl (C=O) groups excluding carboxylic acids is 1. The largest absolute Gasteiger partial charge is 0.505 e. The predicted octanol–water partition coefficient (Wildman–Crippen LogP) is 10.3. The van der Waals surface area contributed by atoms with Crippen molar-refractivity contribution in [2.75, 3.05) is 6.54 Å². The topological polar surface area (TPSA) is 77.9 Å². The minimum atomic E-state index is -4.35. The number of phenolic OH excluding ortho intramolecular Hbond substituents is 1. The molecule has 52 heavy (non-hydrogen) atoms. The molecular weight excluding hydrogens is 718 g/mol. The summed E-state index contributed by atoms with van der Waals surface area (Å²) >= 11 is 12.4. The zero-order valence-electron chi connectivity index (χ0n) is 28.6. The Morgan fingerprint density at radius 2 is 1.33 bits per heavy atom. The van der Waals surface area contributed by atoms with Gasteiger partial charge in [0.05, 0.1) is 5.02 Å². The molecule has 0 atom stereocenters.